The number of nitrogens with two attached hydrogens (primary N) is 1. The van der Waals surface area contributed by atoms with Crippen molar-refractivity contribution in [2.45, 2.75) is 31.6 Å². The van der Waals surface area contributed by atoms with Crippen LogP contribution in [0.5, 0.6) is 5.75 Å². The van der Waals surface area contributed by atoms with Gasteiger partial charge in [0.2, 0.25) is 5.91 Å². The second kappa shape index (κ2) is 5.95. The van der Waals surface area contributed by atoms with E-state index < -0.39 is 5.41 Å². The van der Waals surface area contributed by atoms with Gasteiger partial charge in [-0.05, 0) is 55.5 Å². The van der Waals surface area contributed by atoms with Crippen molar-refractivity contribution in [2.24, 2.45) is 0 Å². The molecule has 3 N–H and O–H groups in total. The molecular weight excluding hydrogens is 288 g/mol. The number of ether oxygens (including phenoxy) is 1. The fourth-order valence-corrected chi connectivity index (χ4v) is 3.36. The van der Waals surface area contributed by atoms with Gasteiger partial charge >= 0.3 is 0 Å². The van der Waals surface area contributed by atoms with E-state index in [2.05, 4.69) is 17.4 Å². The lowest BCUT2D eigenvalue weighted by Crippen LogP contribution is -2.40. The van der Waals surface area contributed by atoms with Crippen LogP contribution in [-0.4, -0.2) is 13.0 Å². The summed E-state index contributed by atoms with van der Waals surface area (Å²) in [6.07, 6.45) is 2.90. The molecule has 0 bridgehead atoms. The molecule has 1 aliphatic rings. The number of amides is 1. The van der Waals surface area contributed by atoms with Crippen molar-refractivity contribution in [2.75, 3.05) is 18.2 Å². The van der Waals surface area contributed by atoms with E-state index in [9.17, 15) is 4.79 Å². The van der Waals surface area contributed by atoms with Crippen LogP contribution in [0.1, 0.15) is 30.9 Å². The van der Waals surface area contributed by atoms with Gasteiger partial charge in [-0.15, -0.1) is 0 Å². The number of hydrogen-bond donors (Lipinski definition) is 2. The molecule has 4 nitrogen and oxygen atoms in total. The number of carbonyl (C=O) groups excluding carboxylic acids is 1. The van der Waals surface area contributed by atoms with Gasteiger partial charge in [0.05, 0.1) is 18.2 Å². The molecule has 0 saturated carbocycles. The molecule has 0 radical (unpaired) electrons. The van der Waals surface area contributed by atoms with Gasteiger partial charge in [-0.25, -0.2) is 0 Å². The van der Waals surface area contributed by atoms with Gasteiger partial charge in [0.1, 0.15) is 5.75 Å². The first-order chi connectivity index (χ1) is 11.0. The third kappa shape index (κ3) is 2.77. The zero-order chi connectivity index (χ0) is 16.4. The van der Waals surface area contributed by atoms with Crippen LogP contribution in [0.15, 0.2) is 42.5 Å². The molecule has 0 aliphatic heterocycles. The number of nitrogens with one attached hydrogen (secondary N) is 1. The van der Waals surface area contributed by atoms with E-state index >= 15 is 0 Å². The van der Waals surface area contributed by atoms with Gasteiger partial charge < -0.3 is 15.8 Å². The summed E-state index contributed by atoms with van der Waals surface area (Å²) in [6, 6.07) is 13.5. The molecule has 2 aromatic rings. The highest BCUT2D eigenvalue weighted by Gasteiger charge is 2.38. The third-order valence-corrected chi connectivity index (χ3v) is 4.72. The predicted molar refractivity (Wildman–Crippen MR) is 92.8 cm³/mol. The van der Waals surface area contributed by atoms with E-state index in [4.69, 9.17) is 10.5 Å². The van der Waals surface area contributed by atoms with E-state index in [-0.39, 0.29) is 5.91 Å². The number of aryl methyl sites for hydroxylation is 1. The molecule has 1 aliphatic carbocycles. The summed E-state index contributed by atoms with van der Waals surface area (Å²) in [4.78, 5) is 12.9. The second-order valence-electron chi connectivity index (χ2n) is 6.25. The number of carbonyl (C=O) groups is 1. The van der Waals surface area contributed by atoms with Crippen LogP contribution in [0.2, 0.25) is 0 Å². The summed E-state index contributed by atoms with van der Waals surface area (Å²) >= 11 is 0. The SMILES string of the molecule is COc1ccc(NC(=O)C2(C)CCCc3ccccc32)cc1N. The molecule has 0 aromatic heterocycles. The van der Waals surface area contributed by atoms with Crippen LogP contribution >= 0.6 is 0 Å². The van der Waals surface area contributed by atoms with Gasteiger partial charge in [-0.3, -0.25) is 4.79 Å². The van der Waals surface area contributed by atoms with E-state index in [1.54, 1.807) is 19.2 Å². The molecule has 3 rings (SSSR count). The lowest BCUT2D eigenvalue weighted by atomic mass is 9.70. The molecular formula is C19H22N2O2. The molecule has 1 amide bonds. The summed E-state index contributed by atoms with van der Waals surface area (Å²) in [5.41, 5.74) is 9.01. The standard InChI is InChI=1S/C19H22N2O2/c1-19(11-5-7-13-6-3-4-8-15(13)19)18(22)21-14-9-10-17(23-2)16(20)12-14/h3-4,6,8-10,12H,5,7,11,20H2,1-2H3,(H,21,22). The summed E-state index contributed by atoms with van der Waals surface area (Å²) in [5, 5.41) is 3.01. The minimum atomic E-state index is -0.510. The van der Waals surface area contributed by atoms with Crippen molar-refractivity contribution in [3.8, 4) is 5.75 Å². The monoisotopic (exact) mass is 310 g/mol. The number of rotatable bonds is 3. The normalized spacial score (nSPS) is 19.7. The number of anilines is 2. The summed E-state index contributed by atoms with van der Waals surface area (Å²) in [6.45, 7) is 2.02. The number of nitrogen functional groups attached to an aromatic ring is 1. The van der Waals surface area contributed by atoms with Crippen molar-refractivity contribution in [1.82, 2.24) is 0 Å². The summed E-state index contributed by atoms with van der Waals surface area (Å²) < 4.78 is 5.15. The first-order valence-electron chi connectivity index (χ1n) is 7.88. The van der Waals surface area contributed by atoms with E-state index in [1.165, 1.54) is 5.56 Å². The Morgan fingerprint density at radius 3 is 2.78 bits per heavy atom. The van der Waals surface area contributed by atoms with Crippen molar-refractivity contribution >= 4 is 17.3 Å². The van der Waals surface area contributed by atoms with Gasteiger partial charge in [-0.1, -0.05) is 24.3 Å². The Morgan fingerprint density at radius 1 is 1.26 bits per heavy atom. The van der Waals surface area contributed by atoms with Crippen LogP contribution in [0, 0.1) is 0 Å². The Labute approximate surface area is 136 Å². The molecule has 2 aromatic carbocycles. The highest BCUT2D eigenvalue weighted by atomic mass is 16.5. The van der Waals surface area contributed by atoms with Crippen LogP contribution in [0.25, 0.3) is 0 Å². The van der Waals surface area contributed by atoms with E-state index in [1.807, 2.05) is 25.1 Å². The molecule has 0 spiro atoms. The van der Waals surface area contributed by atoms with Crippen LogP contribution in [0.3, 0.4) is 0 Å². The Bertz CT molecular complexity index is 742. The maximum atomic E-state index is 12.9. The highest BCUT2D eigenvalue weighted by Crippen LogP contribution is 2.38. The minimum Gasteiger partial charge on any atom is -0.495 e. The Morgan fingerprint density at radius 2 is 2.04 bits per heavy atom. The topological polar surface area (TPSA) is 64.3 Å². The average Bonchev–Trinajstić information content (AvgIpc) is 2.55. The fraction of sp³-hybridized carbons (Fsp3) is 0.316. The Hall–Kier alpha value is -2.49. The maximum absolute atomic E-state index is 12.9. The van der Waals surface area contributed by atoms with Gasteiger partial charge in [0, 0.05) is 5.69 Å². The summed E-state index contributed by atoms with van der Waals surface area (Å²) in [5.74, 6) is 0.617. The maximum Gasteiger partial charge on any atom is 0.234 e. The molecule has 0 saturated heterocycles. The first kappa shape index (κ1) is 15.4. The molecule has 23 heavy (non-hydrogen) atoms. The largest absolute Gasteiger partial charge is 0.495 e. The van der Waals surface area contributed by atoms with Crippen molar-refractivity contribution in [1.29, 1.82) is 0 Å². The Kier molecular flexibility index (Phi) is 3.99. The molecule has 120 valence electrons. The van der Waals surface area contributed by atoms with Crippen LogP contribution in [0.4, 0.5) is 11.4 Å². The second-order valence-corrected chi connectivity index (χ2v) is 6.25. The number of hydrogen-bond acceptors (Lipinski definition) is 3. The average molecular weight is 310 g/mol. The van der Waals surface area contributed by atoms with Gasteiger partial charge in [0.25, 0.3) is 0 Å². The quantitative estimate of drug-likeness (QED) is 0.853. The zero-order valence-electron chi connectivity index (χ0n) is 13.6. The zero-order valence-corrected chi connectivity index (χ0v) is 13.6. The highest BCUT2D eigenvalue weighted by molar-refractivity contribution is 5.99. The predicted octanol–water partition coefficient (Wildman–Crippen LogP) is 3.51. The van der Waals surface area contributed by atoms with E-state index in [0.717, 1.165) is 24.8 Å². The molecule has 0 fully saturated rings. The molecule has 1 atom stereocenters. The van der Waals surface area contributed by atoms with Crippen LogP contribution < -0.4 is 15.8 Å². The number of benzene rings is 2. The van der Waals surface area contributed by atoms with Gasteiger partial charge in [0.15, 0.2) is 0 Å². The molecule has 1 unspecified atom stereocenters. The Balaban J connectivity index is 1.87. The van der Waals surface area contributed by atoms with Crippen molar-refractivity contribution < 1.29 is 9.53 Å². The van der Waals surface area contributed by atoms with Gasteiger partial charge in [-0.2, -0.15) is 0 Å². The fourth-order valence-electron chi connectivity index (χ4n) is 3.36. The lowest BCUT2D eigenvalue weighted by molar-refractivity contribution is -0.121. The number of fused-ring (bicyclic) bond motifs is 1. The van der Waals surface area contributed by atoms with E-state index in [0.29, 0.717) is 17.1 Å². The van der Waals surface area contributed by atoms with Crippen LogP contribution in [-0.2, 0) is 16.6 Å². The summed E-state index contributed by atoms with van der Waals surface area (Å²) in [7, 11) is 1.57. The van der Waals surface area contributed by atoms with Crippen molar-refractivity contribution in [3.05, 3.63) is 53.6 Å². The third-order valence-electron chi connectivity index (χ3n) is 4.72. The smallest absolute Gasteiger partial charge is 0.234 e. The first-order valence-corrected chi connectivity index (χ1v) is 7.88. The van der Waals surface area contributed by atoms with Crippen molar-refractivity contribution in [3.63, 3.8) is 0 Å². The lowest BCUT2D eigenvalue weighted by Gasteiger charge is -2.34. The minimum absolute atomic E-state index is 0.00853. The molecule has 0 heterocycles. The molecule has 4 heteroatoms. The number of methoxy groups -OCH3 is 1.